The second-order valence-corrected chi connectivity index (χ2v) is 10.0. The molecule has 5 aliphatic carbocycles. The molecule has 0 radical (unpaired) electrons. The second kappa shape index (κ2) is 5.17. The number of rotatable bonds is 3. The highest BCUT2D eigenvalue weighted by atomic mass is 16.3. The molecule has 148 valence electrons. The van der Waals surface area contributed by atoms with Crippen molar-refractivity contribution in [2.45, 2.75) is 18.4 Å². The summed E-state index contributed by atoms with van der Waals surface area (Å²) in [5, 5.41) is 11.7. The number of guanidine groups is 1. The van der Waals surface area contributed by atoms with Crippen molar-refractivity contribution in [2.24, 2.45) is 58.1 Å². The van der Waals surface area contributed by atoms with Crippen LogP contribution in [-0.2, 0) is 0 Å². The Bertz CT molecular complexity index is 833. The van der Waals surface area contributed by atoms with Crippen LogP contribution in [0.3, 0.4) is 0 Å². The van der Waals surface area contributed by atoms with Crippen molar-refractivity contribution in [2.75, 3.05) is 37.6 Å². The minimum absolute atomic E-state index is 0.506. The van der Waals surface area contributed by atoms with Gasteiger partial charge in [-0.15, -0.1) is 0 Å². The molecule has 6 fully saturated rings. The fourth-order valence-corrected chi connectivity index (χ4v) is 8.83. The summed E-state index contributed by atoms with van der Waals surface area (Å²) < 4.78 is 0. The molecule has 7 nitrogen and oxygen atoms in total. The normalized spacial score (nSPS) is 50.0. The molecule has 2 bridgehead atoms. The van der Waals surface area contributed by atoms with Crippen molar-refractivity contribution in [3.63, 3.8) is 0 Å². The molecule has 5 saturated carbocycles. The largest absolute Gasteiger partial charge is 0.387 e. The Morgan fingerprint density at radius 2 is 1.75 bits per heavy atom. The van der Waals surface area contributed by atoms with Gasteiger partial charge in [0.25, 0.3) is 0 Å². The van der Waals surface area contributed by atoms with Gasteiger partial charge in [0, 0.05) is 38.6 Å². The minimum Gasteiger partial charge on any atom is -0.387 e. The number of nitrogens with zero attached hydrogens (tertiary/aromatic N) is 5. The van der Waals surface area contributed by atoms with Gasteiger partial charge in [-0.05, 0) is 66.3 Å². The molecule has 9 atom stereocenters. The van der Waals surface area contributed by atoms with E-state index in [9.17, 15) is 5.11 Å². The fourth-order valence-electron chi connectivity index (χ4n) is 8.83. The molecule has 0 aromatic carbocycles. The molecule has 0 amide bonds. The predicted molar refractivity (Wildman–Crippen MR) is 104 cm³/mol. The first-order valence-electron chi connectivity index (χ1n) is 11.0. The Morgan fingerprint density at radius 3 is 2.54 bits per heavy atom. The Hall–Kier alpha value is -1.89. The maximum absolute atomic E-state index is 11.7. The zero-order valence-electron chi connectivity index (χ0n) is 16.1. The molecule has 6 aliphatic rings. The highest BCUT2D eigenvalue weighted by Crippen LogP contribution is 2.85. The number of nitrogens with two attached hydrogens (primary N) is 1. The Balaban J connectivity index is 1.05. The van der Waals surface area contributed by atoms with Crippen molar-refractivity contribution in [3.05, 3.63) is 18.5 Å². The summed E-state index contributed by atoms with van der Waals surface area (Å²) in [5.74, 6) is 7.47. The first-order chi connectivity index (χ1) is 13.7. The number of hydrogen-bond donors (Lipinski definition) is 2. The zero-order chi connectivity index (χ0) is 18.6. The average Bonchev–Trinajstić information content (AvgIpc) is 3.26. The standard InChI is InChI=1S/C21H28N6O/c22-19(26-4-6-27(7-5-26)20-23-2-1-3-24-20)25-10-21(28)17-12-9-13-15-11(12)8-14(17)16(15)18(13)21/h1-3,11-18,28H,4-10H2,(H2,22,25). The van der Waals surface area contributed by atoms with Crippen LogP contribution in [0, 0.1) is 47.3 Å². The molecule has 9 unspecified atom stereocenters. The first-order valence-corrected chi connectivity index (χ1v) is 11.0. The summed E-state index contributed by atoms with van der Waals surface area (Å²) in [4.78, 5) is 17.8. The Morgan fingerprint density at radius 1 is 1.04 bits per heavy atom. The van der Waals surface area contributed by atoms with Crippen LogP contribution in [0.4, 0.5) is 5.95 Å². The summed E-state index contributed by atoms with van der Waals surface area (Å²) >= 11 is 0. The van der Waals surface area contributed by atoms with E-state index in [-0.39, 0.29) is 0 Å². The van der Waals surface area contributed by atoms with E-state index in [1.165, 1.54) is 12.8 Å². The number of aliphatic hydroxyl groups is 1. The van der Waals surface area contributed by atoms with Crippen LogP contribution >= 0.6 is 0 Å². The molecule has 1 aromatic rings. The molecule has 7 heteroatoms. The number of aromatic nitrogens is 2. The quantitative estimate of drug-likeness (QED) is 0.584. The second-order valence-electron chi connectivity index (χ2n) is 10.0. The van der Waals surface area contributed by atoms with Crippen LogP contribution in [0.2, 0.25) is 0 Å². The monoisotopic (exact) mass is 380 g/mol. The summed E-state index contributed by atoms with van der Waals surface area (Å²) in [5.41, 5.74) is 5.80. The van der Waals surface area contributed by atoms with Gasteiger partial charge in [0.2, 0.25) is 5.95 Å². The number of aliphatic imine (C=N–C) groups is 1. The van der Waals surface area contributed by atoms with Crippen molar-refractivity contribution in [1.82, 2.24) is 14.9 Å². The summed E-state index contributed by atoms with van der Waals surface area (Å²) in [6.07, 6.45) is 6.34. The summed E-state index contributed by atoms with van der Waals surface area (Å²) in [6.45, 7) is 3.83. The molecular formula is C21H28N6O. The molecule has 2 heterocycles. The summed E-state index contributed by atoms with van der Waals surface area (Å²) in [7, 11) is 0. The van der Waals surface area contributed by atoms with Gasteiger partial charge in [0.05, 0.1) is 12.1 Å². The lowest BCUT2D eigenvalue weighted by Crippen LogP contribution is -2.56. The highest BCUT2D eigenvalue weighted by Gasteiger charge is 2.84. The van der Waals surface area contributed by atoms with Gasteiger partial charge >= 0.3 is 0 Å². The summed E-state index contributed by atoms with van der Waals surface area (Å²) in [6, 6.07) is 1.84. The van der Waals surface area contributed by atoms with E-state index in [1.54, 1.807) is 12.4 Å². The predicted octanol–water partition coefficient (Wildman–Crippen LogP) is 0.422. The third-order valence-corrected chi connectivity index (χ3v) is 9.45. The van der Waals surface area contributed by atoms with Gasteiger partial charge in [-0.3, -0.25) is 4.99 Å². The fraction of sp³-hybridized carbons (Fsp3) is 0.762. The van der Waals surface area contributed by atoms with Crippen molar-refractivity contribution in [1.29, 1.82) is 0 Å². The van der Waals surface area contributed by atoms with Gasteiger partial charge in [-0.1, -0.05) is 0 Å². The van der Waals surface area contributed by atoms with E-state index >= 15 is 0 Å². The van der Waals surface area contributed by atoms with E-state index < -0.39 is 5.60 Å². The van der Waals surface area contributed by atoms with E-state index in [2.05, 4.69) is 19.8 Å². The lowest BCUT2D eigenvalue weighted by molar-refractivity contribution is -0.123. The topological polar surface area (TPSA) is 90.9 Å². The van der Waals surface area contributed by atoms with Crippen molar-refractivity contribution in [3.8, 4) is 0 Å². The van der Waals surface area contributed by atoms with Crippen LogP contribution in [-0.4, -0.2) is 64.3 Å². The molecular weight excluding hydrogens is 352 g/mol. The maximum atomic E-state index is 11.7. The molecule has 0 spiro atoms. The number of hydrogen-bond acceptors (Lipinski definition) is 5. The van der Waals surface area contributed by atoms with E-state index in [0.29, 0.717) is 24.3 Å². The van der Waals surface area contributed by atoms with Gasteiger partial charge < -0.3 is 20.6 Å². The molecule has 1 aliphatic heterocycles. The van der Waals surface area contributed by atoms with E-state index in [4.69, 9.17) is 10.7 Å². The van der Waals surface area contributed by atoms with Crippen LogP contribution in [0.5, 0.6) is 0 Å². The van der Waals surface area contributed by atoms with Crippen LogP contribution in [0.1, 0.15) is 12.8 Å². The first kappa shape index (κ1) is 16.0. The molecule has 28 heavy (non-hydrogen) atoms. The van der Waals surface area contributed by atoms with Crippen LogP contribution < -0.4 is 10.6 Å². The zero-order valence-corrected chi connectivity index (χ0v) is 16.1. The molecule has 3 N–H and O–H groups in total. The number of anilines is 1. The lowest BCUT2D eigenvalue weighted by Gasteiger charge is -2.51. The third-order valence-electron chi connectivity index (χ3n) is 9.45. The number of piperazine rings is 1. The van der Waals surface area contributed by atoms with Gasteiger partial charge in [-0.25, -0.2) is 9.97 Å². The SMILES string of the molecule is NC(=NCC1(O)C2C3CC4C5C3CC2C5C41)N1CCN(c2ncccn2)CC1. The van der Waals surface area contributed by atoms with Gasteiger partial charge in [-0.2, -0.15) is 0 Å². The van der Waals surface area contributed by atoms with Crippen LogP contribution in [0.25, 0.3) is 0 Å². The highest BCUT2D eigenvalue weighted by molar-refractivity contribution is 5.78. The molecule has 7 rings (SSSR count). The van der Waals surface area contributed by atoms with Crippen molar-refractivity contribution < 1.29 is 5.11 Å². The number of fused-ring (bicyclic) bond motifs is 2. The minimum atomic E-state index is -0.574. The van der Waals surface area contributed by atoms with E-state index in [0.717, 1.165) is 67.6 Å². The van der Waals surface area contributed by atoms with E-state index in [1.807, 2.05) is 6.07 Å². The molecule has 1 aromatic heterocycles. The molecule has 1 saturated heterocycles. The van der Waals surface area contributed by atoms with Crippen molar-refractivity contribution >= 4 is 11.9 Å². The average molecular weight is 380 g/mol. The Labute approximate surface area is 165 Å². The Kier molecular flexibility index (Phi) is 2.95. The van der Waals surface area contributed by atoms with Gasteiger partial charge in [0.1, 0.15) is 0 Å². The van der Waals surface area contributed by atoms with Gasteiger partial charge in [0.15, 0.2) is 5.96 Å². The smallest absolute Gasteiger partial charge is 0.225 e. The maximum Gasteiger partial charge on any atom is 0.225 e. The van der Waals surface area contributed by atoms with Crippen LogP contribution in [0.15, 0.2) is 23.5 Å². The lowest BCUT2D eigenvalue weighted by atomic mass is 9.56. The third kappa shape index (κ3) is 1.74.